The van der Waals surface area contributed by atoms with E-state index in [4.69, 9.17) is 20.8 Å². The standard InChI is InChI=1S/C21H20ClNO4/c1-12-10-20(25)27-21-13(2)18(9-8-17(12)21)26-11-19(24)23-14(3)15-4-6-16(22)7-5-15/h4-10,14H,11H2,1-3H3,(H,23,24)/t14-/m1/s1. The Morgan fingerprint density at radius 1 is 1.19 bits per heavy atom. The number of aryl methyl sites for hydroxylation is 2. The third-order valence-corrected chi connectivity index (χ3v) is 4.68. The van der Waals surface area contributed by atoms with Crippen LogP contribution in [0.1, 0.15) is 29.7 Å². The van der Waals surface area contributed by atoms with Crippen LogP contribution in [0.25, 0.3) is 11.0 Å². The normalized spacial score (nSPS) is 12.0. The molecule has 0 unspecified atom stereocenters. The summed E-state index contributed by atoms with van der Waals surface area (Å²) in [7, 11) is 0. The Morgan fingerprint density at radius 2 is 1.89 bits per heavy atom. The fourth-order valence-corrected chi connectivity index (χ4v) is 3.04. The summed E-state index contributed by atoms with van der Waals surface area (Å²) in [5.74, 6) is 0.258. The minimum Gasteiger partial charge on any atom is -0.483 e. The van der Waals surface area contributed by atoms with Crippen molar-refractivity contribution < 1.29 is 13.9 Å². The summed E-state index contributed by atoms with van der Waals surface area (Å²) in [6.45, 7) is 5.40. The fourth-order valence-electron chi connectivity index (χ4n) is 2.92. The second-order valence-electron chi connectivity index (χ2n) is 6.44. The van der Waals surface area contributed by atoms with Crippen LogP contribution in [-0.2, 0) is 4.79 Å². The van der Waals surface area contributed by atoms with Crippen LogP contribution in [0.5, 0.6) is 5.75 Å². The van der Waals surface area contributed by atoms with Crippen molar-refractivity contribution in [3.8, 4) is 5.75 Å². The topological polar surface area (TPSA) is 68.5 Å². The molecule has 0 saturated heterocycles. The molecule has 0 bridgehead atoms. The summed E-state index contributed by atoms with van der Waals surface area (Å²) >= 11 is 5.88. The van der Waals surface area contributed by atoms with Gasteiger partial charge in [-0.2, -0.15) is 0 Å². The number of nitrogens with one attached hydrogen (secondary N) is 1. The van der Waals surface area contributed by atoms with E-state index < -0.39 is 5.63 Å². The molecule has 0 aliphatic heterocycles. The quantitative estimate of drug-likeness (QED) is 0.664. The number of amides is 1. The first-order valence-corrected chi connectivity index (χ1v) is 8.94. The monoisotopic (exact) mass is 385 g/mol. The lowest BCUT2D eigenvalue weighted by atomic mass is 10.1. The maximum Gasteiger partial charge on any atom is 0.336 e. The first-order valence-electron chi connectivity index (χ1n) is 8.57. The van der Waals surface area contributed by atoms with Gasteiger partial charge in [-0.3, -0.25) is 4.79 Å². The molecule has 140 valence electrons. The number of rotatable bonds is 5. The van der Waals surface area contributed by atoms with Crippen LogP contribution in [0.3, 0.4) is 0 Å². The predicted octanol–water partition coefficient (Wildman–Crippen LogP) is 4.32. The molecule has 1 atom stereocenters. The van der Waals surface area contributed by atoms with Crippen molar-refractivity contribution >= 4 is 28.5 Å². The van der Waals surface area contributed by atoms with Gasteiger partial charge in [0.15, 0.2) is 6.61 Å². The molecule has 1 N–H and O–H groups in total. The second kappa shape index (κ2) is 7.84. The van der Waals surface area contributed by atoms with Gasteiger partial charge in [-0.1, -0.05) is 23.7 Å². The summed E-state index contributed by atoms with van der Waals surface area (Å²) in [4.78, 5) is 23.8. The van der Waals surface area contributed by atoms with Gasteiger partial charge < -0.3 is 14.5 Å². The average molecular weight is 386 g/mol. The molecule has 1 heterocycles. The molecule has 0 fully saturated rings. The lowest BCUT2D eigenvalue weighted by molar-refractivity contribution is -0.123. The highest BCUT2D eigenvalue weighted by molar-refractivity contribution is 6.30. The highest BCUT2D eigenvalue weighted by Crippen LogP contribution is 2.28. The largest absolute Gasteiger partial charge is 0.483 e. The van der Waals surface area contributed by atoms with Gasteiger partial charge in [0.1, 0.15) is 11.3 Å². The number of carbonyl (C=O) groups excluding carboxylic acids is 1. The van der Waals surface area contributed by atoms with E-state index in [1.807, 2.05) is 32.0 Å². The van der Waals surface area contributed by atoms with Crippen LogP contribution in [0, 0.1) is 13.8 Å². The molecule has 1 aromatic heterocycles. The van der Waals surface area contributed by atoms with Crippen molar-refractivity contribution in [3.05, 3.63) is 74.6 Å². The predicted molar refractivity (Wildman–Crippen MR) is 105 cm³/mol. The molecule has 0 aliphatic carbocycles. The lowest BCUT2D eigenvalue weighted by Crippen LogP contribution is -2.31. The molecule has 0 spiro atoms. The van der Waals surface area contributed by atoms with E-state index in [2.05, 4.69) is 5.32 Å². The van der Waals surface area contributed by atoms with E-state index >= 15 is 0 Å². The Balaban J connectivity index is 1.69. The Morgan fingerprint density at radius 3 is 2.59 bits per heavy atom. The first kappa shape index (κ1) is 19.0. The number of benzene rings is 2. The van der Waals surface area contributed by atoms with Gasteiger partial charge in [-0.15, -0.1) is 0 Å². The SMILES string of the molecule is Cc1cc(=O)oc2c(C)c(OCC(=O)N[C@H](C)c3ccc(Cl)cc3)ccc12. The van der Waals surface area contributed by atoms with Crippen LogP contribution in [-0.4, -0.2) is 12.5 Å². The van der Waals surface area contributed by atoms with Crippen molar-refractivity contribution in [2.24, 2.45) is 0 Å². The Kier molecular flexibility index (Phi) is 5.51. The Bertz CT molecular complexity index is 1040. The molecule has 0 saturated carbocycles. The lowest BCUT2D eigenvalue weighted by Gasteiger charge is -2.16. The number of hydrogen-bond donors (Lipinski definition) is 1. The first-order chi connectivity index (χ1) is 12.8. The summed E-state index contributed by atoms with van der Waals surface area (Å²) in [6.07, 6.45) is 0. The Labute approximate surface area is 161 Å². The van der Waals surface area contributed by atoms with Crippen LogP contribution in [0.15, 0.2) is 51.7 Å². The minimum absolute atomic E-state index is 0.139. The fraction of sp³-hybridized carbons (Fsp3) is 0.238. The molecular formula is C21H20ClNO4. The number of halogens is 1. The molecule has 1 amide bonds. The van der Waals surface area contributed by atoms with Gasteiger partial charge in [0.25, 0.3) is 5.91 Å². The van der Waals surface area contributed by atoms with Crippen molar-refractivity contribution in [2.75, 3.05) is 6.61 Å². The highest BCUT2D eigenvalue weighted by atomic mass is 35.5. The van der Waals surface area contributed by atoms with Crippen LogP contribution >= 0.6 is 11.6 Å². The molecule has 3 aromatic rings. The van der Waals surface area contributed by atoms with Gasteiger partial charge in [0, 0.05) is 22.0 Å². The number of hydrogen-bond acceptors (Lipinski definition) is 4. The number of carbonyl (C=O) groups is 1. The van der Waals surface area contributed by atoms with Gasteiger partial charge in [-0.25, -0.2) is 4.79 Å². The maximum absolute atomic E-state index is 12.2. The Hall–Kier alpha value is -2.79. The van der Waals surface area contributed by atoms with E-state index in [-0.39, 0.29) is 18.6 Å². The van der Waals surface area contributed by atoms with E-state index in [9.17, 15) is 9.59 Å². The second-order valence-corrected chi connectivity index (χ2v) is 6.88. The van der Waals surface area contributed by atoms with E-state index in [0.29, 0.717) is 21.9 Å². The highest BCUT2D eigenvalue weighted by Gasteiger charge is 2.13. The molecule has 2 aromatic carbocycles. The molecule has 0 radical (unpaired) electrons. The summed E-state index contributed by atoms with van der Waals surface area (Å²) in [5.41, 5.74) is 2.55. The van der Waals surface area contributed by atoms with Gasteiger partial charge in [-0.05, 0) is 56.2 Å². The van der Waals surface area contributed by atoms with Crippen molar-refractivity contribution in [3.63, 3.8) is 0 Å². The van der Waals surface area contributed by atoms with Gasteiger partial charge in [0.2, 0.25) is 0 Å². The van der Waals surface area contributed by atoms with E-state index in [1.54, 1.807) is 25.1 Å². The van der Waals surface area contributed by atoms with E-state index in [1.165, 1.54) is 6.07 Å². The van der Waals surface area contributed by atoms with Crippen molar-refractivity contribution in [2.45, 2.75) is 26.8 Å². The van der Waals surface area contributed by atoms with Gasteiger partial charge >= 0.3 is 5.63 Å². The van der Waals surface area contributed by atoms with Gasteiger partial charge in [0.05, 0.1) is 6.04 Å². The smallest absolute Gasteiger partial charge is 0.336 e. The summed E-state index contributed by atoms with van der Waals surface area (Å²) in [6, 6.07) is 12.2. The zero-order valence-electron chi connectivity index (χ0n) is 15.3. The zero-order valence-corrected chi connectivity index (χ0v) is 16.1. The summed E-state index contributed by atoms with van der Waals surface area (Å²) in [5, 5.41) is 4.38. The average Bonchev–Trinajstić information content (AvgIpc) is 2.62. The zero-order chi connectivity index (χ0) is 19.6. The third kappa shape index (κ3) is 4.31. The van der Waals surface area contributed by atoms with Crippen LogP contribution < -0.4 is 15.7 Å². The molecule has 3 rings (SSSR count). The van der Waals surface area contributed by atoms with E-state index in [0.717, 1.165) is 16.5 Å². The van der Waals surface area contributed by atoms with Crippen LogP contribution in [0.4, 0.5) is 0 Å². The molecular weight excluding hydrogens is 366 g/mol. The third-order valence-electron chi connectivity index (χ3n) is 4.42. The molecule has 27 heavy (non-hydrogen) atoms. The minimum atomic E-state index is -0.408. The van der Waals surface area contributed by atoms with Crippen molar-refractivity contribution in [1.29, 1.82) is 0 Å². The summed E-state index contributed by atoms with van der Waals surface area (Å²) < 4.78 is 11.0. The van der Waals surface area contributed by atoms with Crippen LogP contribution in [0.2, 0.25) is 5.02 Å². The molecule has 0 aliphatic rings. The molecule has 5 nitrogen and oxygen atoms in total. The maximum atomic E-state index is 12.2. The number of ether oxygens (including phenoxy) is 1. The number of fused-ring (bicyclic) bond motifs is 1. The van der Waals surface area contributed by atoms with Crippen molar-refractivity contribution in [1.82, 2.24) is 5.32 Å². The molecule has 6 heteroatoms.